The van der Waals surface area contributed by atoms with Crippen LogP contribution in [0.2, 0.25) is 0 Å². The van der Waals surface area contributed by atoms with Gasteiger partial charge in [0, 0.05) is 63.6 Å². The topological polar surface area (TPSA) is 116 Å². The van der Waals surface area contributed by atoms with Crippen LogP contribution in [0.1, 0.15) is 46.6 Å². The third-order valence-corrected chi connectivity index (χ3v) is 6.39. The SMILES string of the molecule is C=c1ccc2[nH]ccc(=O)/c(=C/c3n[nH]c4c3C=N/C(=C\c3c5c(nccc3=O)C=C[C@@H]5C)N=C4)c1=2. The van der Waals surface area contributed by atoms with E-state index in [2.05, 4.69) is 36.7 Å². The fraction of sp³-hybridized carbons (Fsp3) is 0.0714. The molecule has 0 saturated carbocycles. The van der Waals surface area contributed by atoms with Gasteiger partial charge in [-0.2, -0.15) is 5.10 Å². The minimum atomic E-state index is -0.154. The zero-order chi connectivity index (χ0) is 24.8. The summed E-state index contributed by atoms with van der Waals surface area (Å²) in [5.74, 6) is 0.437. The van der Waals surface area contributed by atoms with Gasteiger partial charge in [0.15, 0.2) is 16.7 Å². The lowest BCUT2D eigenvalue weighted by molar-refractivity contribution is 0.978. The summed E-state index contributed by atoms with van der Waals surface area (Å²) in [4.78, 5) is 42.2. The summed E-state index contributed by atoms with van der Waals surface area (Å²) >= 11 is 0. The maximum absolute atomic E-state index is 12.9. The fourth-order valence-corrected chi connectivity index (χ4v) is 4.59. The predicted octanol–water partition coefficient (Wildman–Crippen LogP) is 1.80. The van der Waals surface area contributed by atoms with Crippen molar-refractivity contribution in [1.82, 2.24) is 20.2 Å². The third-order valence-electron chi connectivity index (χ3n) is 6.39. The van der Waals surface area contributed by atoms with Gasteiger partial charge in [0.2, 0.25) is 0 Å². The molecule has 2 aliphatic carbocycles. The summed E-state index contributed by atoms with van der Waals surface area (Å²) in [5, 5.41) is 10.1. The van der Waals surface area contributed by atoms with Gasteiger partial charge in [-0.15, -0.1) is 0 Å². The summed E-state index contributed by atoms with van der Waals surface area (Å²) in [7, 11) is 0. The van der Waals surface area contributed by atoms with E-state index in [1.54, 1.807) is 30.8 Å². The van der Waals surface area contributed by atoms with Gasteiger partial charge in [-0.25, -0.2) is 9.98 Å². The first-order chi connectivity index (χ1) is 17.5. The number of aromatic nitrogens is 4. The molecule has 0 amide bonds. The average molecular weight is 473 g/mol. The average Bonchev–Trinajstić information content (AvgIpc) is 3.41. The molecule has 2 aromatic heterocycles. The van der Waals surface area contributed by atoms with E-state index in [0.29, 0.717) is 33.6 Å². The summed E-state index contributed by atoms with van der Waals surface area (Å²) in [6.07, 6.45) is 13.8. The molecule has 0 aromatic carbocycles. The van der Waals surface area contributed by atoms with Crippen LogP contribution < -0.4 is 21.3 Å². The maximum Gasteiger partial charge on any atom is 0.188 e. The van der Waals surface area contributed by atoms with Gasteiger partial charge >= 0.3 is 0 Å². The summed E-state index contributed by atoms with van der Waals surface area (Å²) in [5.41, 5.74) is 3.73. The third kappa shape index (κ3) is 3.56. The molecule has 8 nitrogen and oxygen atoms in total. The Hall–Kier alpha value is -4.98. The highest BCUT2D eigenvalue weighted by Crippen LogP contribution is 2.30. The van der Waals surface area contributed by atoms with E-state index in [1.807, 2.05) is 31.2 Å². The molecule has 6 rings (SSSR count). The van der Waals surface area contributed by atoms with E-state index in [1.165, 1.54) is 18.3 Å². The first kappa shape index (κ1) is 21.5. The molecule has 36 heavy (non-hydrogen) atoms. The fourth-order valence-electron chi connectivity index (χ4n) is 4.59. The number of aromatic amines is 2. The molecule has 0 bridgehead atoms. The van der Waals surface area contributed by atoms with Gasteiger partial charge in [0.1, 0.15) is 0 Å². The number of rotatable bonds is 2. The lowest BCUT2D eigenvalue weighted by Gasteiger charge is -2.04. The van der Waals surface area contributed by atoms with E-state index >= 15 is 0 Å². The van der Waals surface area contributed by atoms with Crippen LogP contribution in [-0.4, -0.2) is 32.6 Å². The molecular weight excluding hydrogens is 452 g/mol. The first-order valence-corrected chi connectivity index (χ1v) is 11.4. The number of hydrogen-bond donors (Lipinski definition) is 2. The molecule has 0 saturated heterocycles. The molecule has 174 valence electrons. The van der Waals surface area contributed by atoms with Crippen LogP contribution in [0.25, 0.3) is 24.8 Å². The summed E-state index contributed by atoms with van der Waals surface area (Å²) < 4.78 is 0. The van der Waals surface area contributed by atoms with Crippen molar-refractivity contribution in [3.8, 4) is 0 Å². The van der Waals surface area contributed by atoms with Crippen LogP contribution in [0.5, 0.6) is 0 Å². The molecule has 1 atom stereocenters. The van der Waals surface area contributed by atoms with Crippen molar-refractivity contribution in [2.75, 3.05) is 0 Å². The van der Waals surface area contributed by atoms with Crippen LogP contribution in [0.15, 0.2) is 68.1 Å². The van der Waals surface area contributed by atoms with Gasteiger partial charge in [0.05, 0.1) is 23.3 Å². The number of aliphatic imine (C=N–C) groups is 2. The Labute approximate surface area is 204 Å². The Morgan fingerprint density at radius 2 is 1.89 bits per heavy atom. The molecule has 2 aliphatic heterocycles. The largest absolute Gasteiger partial charge is 0.361 e. The smallest absolute Gasteiger partial charge is 0.188 e. The molecule has 0 unspecified atom stereocenters. The molecular formula is C28H20N6O2. The maximum atomic E-state index is 12.9. The second-order valence-corrected chi connectivity index (χ2v) is 8.67. The minimum Gasteiger partial charge on any atom is -0.361 e. The van der Waals surface area contributed by atoms with E-state index in [-0.39, 0.29) is 16.8 Å². The van der Waals surface area contributed by atoms with Crippen molar-refractivity contribution in [2.24, 2.45) is 9.98 Å². The zero-order valence-corrected chi connectivity index (χ0v) is 19.3. The van der Waals surface area contributed by atoms with Crippen molar-refractivity contribution in [2.45, 2.75) is 12.8 Å². The molecule has 4 aliphatic rings. The van der Waals surface area contributed by atoms with Gasteiger partial charge in [-0.05, 0) is 35.1 Å². The van der Waals surface area contributed by atoms with Crippen molar-refractivity contribution in [1.29, 1.82) is 0 Å². The highest BCUT2D eigenvalue weighted by Gasteiger charge is 2.19. The molecule has 4 heterocycles. The number of H-pyrrole nitrogens is 2. The predicted molar refractivity (Wildman–Crippen MR) is 140 cm³/mol. The van der Waals surface area contributed by atoms with Gasteiger partial charge < -0.3 is 4.98 Å². The Morgan fingerprint density at radius 3 is 2.78 bits per heavy atom. The Morgan fingerprint density at radius 1 is 1.03 bits per heavy atom. The van der Waals surface area contributed by atoms with Crippen LogP contribution in [-0.2, 0) is 0 Å². The zero-order valence-electron chi connectivity index (χ0n) is 19.3. The highest BCUT2D eigenvalue weighted by atomic mass is 16.1. The van der Waals surface area contributed by atoms with E-state index in [4.69, 9.17) is 0 Å². The Bertz CT molecular complexity index is 1980. The molecule has 0 spiro atoms. The molecule has 0 radical (unpaired) electrons. The summed E-state index contributed by atoms with van der Waals surface area (Å²) in [6, 6.07) is 6.69. The van der Waals surface area contributed by atoms with Crippen molar-refractivity contribution in [3.63, 3.8) is 0 Å². The second-order valence-electron chi connectivity index (χ2n) is 8.67. The highest BCUT2D eigenvalue weighted by molar-refractivity contribution is 5.98. The number of nitrogens with one attached hydrogen (secondary N) is 2. The monoisotopic (exact) mass is 472 g/mol. The lowest BCUT2D eigenvalue weighted by Crippen LogP contribution is -2.26. The molecule has 8 heteroatoms. The number of allylic oxidation sites excluding steroid dienone is 1. The quantitative estimate of drug-likeness (QED) is 0.463. The van der Waals surface area contributed by atoms with E-state index in [9.17, 15) is 9.59 Å². The van der Waals surface area contributed by atoms with Crippen LogP contribution in [0.3, 0.4) is 0 Å². The van der Waals surface area contributed by atoms with Crippen LogP contribution >= 0.6 is 0 Å². The number of fused-ring (bicyclic) bond motifs is 2. The standard InChI is InChI=1S/C28H20N6O2/c1-15-3-5-20-27(15)17(24(35)7-9-29-20)11-22-19-13-31-26(32-14-23(19)34-33-22)12-18-25(36)8-10-30-21-6-4-16(2)28(18)21/h3-14,16,29H,1H2,2H3,(H,33,34)/b17-11-,26-12+/t16-/m0/s1. The lowest BCUT2D eigenvalue weighted by atomic mass is 10.00. The van der Waals surface area contributed by atoms with Crippen molar-refractivity contribution < 1.29 is 0 Å². The number of hydrogen-bond acceptors (Lipinski definition) is 6. The van der Waals surface area contributed by atoms with Crippen LogP contribution in [0.4, 0.5) is 0 Å². The van der Waals surface area contributed by atoms with Crippen molar-refractivity contribution in [3.05, 3.63) is 124 Å². The summed E-state index contributed by atoms with van der Waals surface area (Å²) in [6.45, 7) is 6.09. The number of nitrogens with zero attached hydrogens (tertiary/aromatic N) is 4. The van der Waals surface area contributed by atoms with E-state index < -0.39 is 0 Å². The first-order valence-electron chi connectivity index (χ1n) is 11.4. The minimum absolute atomic E-state index is 0.0630. The van der Waals surface area contributed by atoms with Gasteiger partial charge in [-0.3, -0.25) is 19.7 Å². The van der Waals surface area contributed by atoms with Crippen molar-refractivity contribution >= 4 is 37.2 Å². The van der Waals surface area contributed by atoms with E-state index in [0.717, 1.165) is 27.0 Å². The second kappa shape index (κ2) is 8.35. The Balaban J connectivity index is 1.49. The molecule has 2 aromatic rings. The van der Waals surface area contributed by atoms with Gasteiger partial charge in [0.25, 0.3) is 0 Å². The normalized spacial score (nSPS) is 17.5. The molecule has 2 N–H and O–H groups in total. The van der Waals surface area contributed by atoms with Crippen LogP contribution in [0, 0.1) is 10.6 Å². The Kier molecular flexibility index (Phi) is 5.00. The van der Waals surface area contributed by atoms with Gasteiger partial charge in [-0.1, -0.05) is 25.6 Å². The molecule has 0 fully saturated rings.